The summed E-state index contributed by atoms with van der Waals surface area (Å²) in [6, 6.07) is 0. The van der Waals surface area contributed by atoms with E-state index in [4.69, 9.17) is 13.8 Å². The molecule has 0 saturated carbocycles. The highest BCUT2D eigenvalue weighted by Crippen LogP contribution is 2.48. The Balaban J connectivity index is 1.89. The van der Waals surface area contributed by atoms with Crippen molar-refractivity contribution in [1.82, 2.24) is 0 Å². The van der Waals surface area contributed by atoms with Gasteiger partial charge in [-0.05, 0) is 25.8 Å². The second-order valence-corrected chi connectivity index (χ2v) is 6.54. The average molecular weight is 288 g/mol. The molecule has 5 nitrogen and oxygen atoms in total. The van der Waals surface area contributed by atoms with Gasteiger partial charge in [0.15, 0.2) is 0 Å². The van der Waals surface area contributed by atoms with Crippen molar-refractivity contribution >= 4 is 7.82 Å². The van der Waals surface area contributed by atoms with Crippen LogP contribution in [0.2, 0.25) is 0 Å². The summed E-state index contributed by atoms with van der Waals surface area (Å²) in [7, 11) is -4.05. The van der Waals surface area contributed by atoms with Crippen LogP contribution in [0.25, 0.3) is 0 Å². The number of phosphoric ester groups is 1. The Morgan fingerprint density at radius 3 is 2.68 bits per heavy atom. The number of hydrogen-bond acceptors (Lipinski definition) is 4. The van der Waals surface area contributed by atoms with Crippen LogP contribution in [0.5, 0.6) is 0 Å². The first-order valence-electron chi connectivity index (χ1n) is 6.56. The van der Waals surface area contributed by atoms with Gasteiger partial charge in [-0.2, -0.15) is 0 Å². The third kappa shape index (κ3) is 3.77. The molecule has 0 aromatic rings. The Kier molecular flexibility index (Phi) is 4.64. The highest BCUT2D eigenvalue weighted by molar-refractivity contribution is 7.47. The molecule has 1 N–H and O–H groups in total. The number of hydrogen-bond donors (Lipinski definition) is 1. The molecule has 0 spiro atoms. The molecule has 108 valence electrons. The van der Waals surface area contributed by atoms with Gasteiger partial charge in [-0.25, -0.2) is 4.57 Å². The minimum Gasteiger partial charge on any atom is -0.372 e. The molecule has 1 aliphatic heterocycles. The van der Waals surface area contributed by atoms with Crippen LogP contribution in [0.3, 0.4) is 0 Å². The Morgan fingerprint density at radius 1 is 1.42 bits per heavy atom. The van der Waals surface area contributed by atoms with Crippen LogP contribution in [-0.4, -0.2) is 29.8 Å². The zero-order valence-electron chi connectivity index (χ0n) is 11.5. The highest BCUT2D eigenvalue weighted by Gasteiger charge is 2.42. The number of ether oxygens (including phenoxy) is 1. The smallest absolute Gasteiger partial charge is 0.372 e. The molecule has 1 aliphatic carbocycles. The van der Waals surface area contributed by atoms with E-state index in [-0.39, 0.29) is 24.7 Å². The fraction of sp³-hybridized carbons (Fsp3) is 0.692. The van der Waals surface area contributed by atoms with E-state index in [0.29, 0.717) is 0 Å². The summed E-state index contributed by atoms with van der Waals surface area (Å²) < 4.78 is 27.8. The van der Waals surface area contributed by atoms with Crippen LogP contribution in [0.1, 0.15) is 27.2 Å². The molecular formula is C13H21O5P. The van der Waals surface area contributed by atoms with E-state index in [1.165, 1.54) is 0 Å². The van der Waals surface area contributed by atoms with Gasteiger partial charge < -0.3 is 9.63 Å². The summed E-state index contributed by atoms with van der Waals surface area (Å²) in [4.78, 5) is 9.76. The van der Waals surface area contributed by atoms with E-state index in [1.807, 2.05) is 39.0 Å². The molecule has 0 aromatic heterocycles. The lowest BCUT2D eigenvalue weighted by atomic mass is 10.0. The van der Waals surface area contributed by atoms with Crippen LogP contribution in [-0.2, 0) is 18.3 Å². The van der Waals surface area contributed by atoms with Crippen molar-refractivity contribution in [3.8, 4) is 0 Å². The van der Waals surface area contributed by atoms with Gasteiger partial charge in [-0.15, -0.1) is 0 Å². The molecule has 0 radical (unpaired) electrons. The zero-order chi connectivity index (χ0) is 14.0. The Morgan fingerprint density at radius 2 is 2.16 bits per heavy atom. The molecule has 0 aromatic carbocycles. The lowest BCUT2D eigenvalue weighted by molar-refractivity contribution is 0.0231. The Hall–Kier alpha value is -0.450. The van der Waals surface area contributed by atoms with E-state index >= 15 is 0 Å². The van der Waals surface area contributed by atoms with Crippen LogP contribution < -0.4 is 0 Å². The third-order valence-electron chi connectivity index (χ3n) is 3.65. The van der Waals surface area contributed by atoms with Crippen molar-refractivity contribution in [2.24, 2.45) is 5.92 Å². The highest BCUT2D eigenvalue weighted by atomic mass is 31.2. The van der Waals surface area contributed by atoms with Crippen LogP contribution >= 0.6 is 7.82 Å². The van der Waals surface area contributed by atoms with E-state index in [1.54, 1.807) is 0 Å². The predicted molar refractivity (Wildman–Crippen MR) is 71.7 cm³/mol. The van der Waals surface area contributed by atoms with E-state index in [0.717, 1.165) is 12.0 Å². The van der Waals surface area contributed by atoms with E-state index in [2.05, 4.69) is 0 Å². The number of rotatable bonds is 5. The summed E-state index contributed by atoms with van der Waals surface area (Å²) in [6.07, 6.45) is 6.03. The SMILES string of the molecule is CC1OC(C)C(OP(=O)(O)OCC2=CCC=C2)C1C. The van der Waals surface area contributed by atoms with Crippen LogP contribution in [0, 0.1) is 5.92 Å². The maximum Gasteiger partial charge on any atom is 0.472 e. The van der Waals surface area contributed by atoms with E-state index < -0.39 is 13.9 Å². The maximum absolute atomic E-state index is 11.9. The largest absolute Gasteiger partial charge is 0.472 e. The van der Waals surface area contributed by atoms with Crippen molar-refractivity contribution in [2.75, 3.05) is 6.61 Å². The van der Waals surface area contributed by atoms with Gasteiger partial charge in [-0.3, -0.25) is 9.05 Å². The first-order chi connectivity index (χ1) is 8.89. The fourth-order valence-corrected chi connectivity index (χ4v) is 3.41. The van der Waals surface area contributed by atoms with Gasteiger partial charge in [0, 0.05) is 5.92 Å². The summed E-state index contributed by atoms with van der Waals surface area (Å²) in [5.74, 6) is 0.0599. The summed E-state index contributed by atoms with van der Waals surface area (Å²) in [5.41, 5.74) is 0.898. The molecule has 19 heavy (non-hydrogen) atoms. The second kappa shape index (κ2) is 5.90. The van der Waals surface area contributed by atoms with Crippen LogP contribution in [0.15, 0.2) is 23.8 Å². The molecule has 0 bridgehead atoms. The summed E-state index contributed by atoms with van der Waals surface area (Å²) in [6.45, 7) is 5.81. The van der Waals surface area contributed by atoms with Crippen molar-refractivity contribution in [2.45, 2.75) is 45.5 Å². The third-order valence-corrected chi connectivity index (χ3v) is 4.61. The van der Waals surface area contributed by atoms with Gasteiger partial charge in [0.05, 0.1) is 18.8 Å². The van der Waals surface area contributed by atoms with E-state index in [9.17, 15) is 9.46 Å². The van der Waals surface area contributed by atoms with Crippen LogP contribution in [0.4, 0.5) is 0 Å². The van der Waals surface area contributed by atoms with Gasteiger partial charge in [-0.1, -0.05) is 25.2 Å². The Bertz CT molecular complexity index is 431. The molecule has 6 heteroatoms. The number of allylic oxidation sites excluding steroid dienone is 2. The standard InChI is InChI=1S/C13H21O5P/c1-9-10(2)17-11(3)13(9)18-19(14,15)16-8-12-6-4-5-7-12/h4,6-7,9-11,13H,5,8H2,1-3H3,(H,14,15). The predicted octanol–water partition coefficient (Wildman–Crippen LogP) is 2.82. The van der Waals surface area contributed by atoms with Gasteiger partial charge in [0.1, 0.15) is 6.10 Å². The minimum absolute atomic E-state index is 0.0143. The quantitative estimate of drug-likeness (QED) is 0.788. The van der Waals surface area contributed by atoms with Crippen molar-refractivity contribution < 1.29 is 23.2 Å². The molecule has 0 amide bonds. The monoisotopic (exact) mass is 288 g/mol. The normalized spacial score (nSPS) is 37.4. The first kappa shape index (κ1) is 14.9. The zero-order valence-corrected chi connectivity index (χ0v) is 12.4. The number of phosphoric acid groups is 1. The maximum atomic E-state index is 11.9. The molecule has 5 unspecified atom stereocenters. The van der Waals surface area contributed by atoms with Crippen molar-refractivity contribution in [3.63, 3.8) is 0 Å². The topological polar surface area (TPSA) is 65.0 Å². The molecule has 1 heterocycles. The Labute approximate surface area is 113 Å². The van der Waals surface area contributed by atoms with Crippen molar-refractivity contribution in [3.05, 3.63) is 23.8 Å². The molecule has 2 aliphatic rings. The summed E-state index contributed by atoms with van der Waals surface area (Å²) in [5, 5.41) is 0. The lowest BCUT2D eigenvalue weighted by Gasteiger charge is -2.22. The second-order valence-electron chi connectivity index (χ2n) is 5.13. The molecular weight excluding hydrogens is 267 g/mol. The summed E-state index contributed by atoms with van der Waals surface area (Å²) >= 11 is 0. The fourth-order valence-electron chi connectivity index (χ4n) is 2.37. The first-order valence-corrected chi connectivity index (χ1v) is 8.05. The lowest BCUT2D eigenvalue weighted by Crippen LogP contribution is -2.26. The molecule has 2 rings (SSSR count). The minimum atomic E-state index is -4.05. The van der Waals surface area contributed by atoms with Crippen molar-refractivity contribution in [1.29, 1.82) is 0 Å². The van der Waals surface area contributed by atoms with Gasteiger partial charge in [0.25, 0.3) is 0 Å². The molecule has 1 saturated heterocycles. The van der Waals surface area contributed by atoms with Gasteiger partial charge >= 0.3 is 7.82 Å². The average Bonchev–Trinajstić information content (AvgIpc) is 2.92. The molecule has 1 fully saturated rings. The van der Waals surface area contributed by atoms with Gasteiger partial charge in [0.2, 0.25) is 0 Å². The molecule has 5 atom stereocenters.